The van der Waals surface area contributed by atoms with Gasteiger partial charge in [-0.15, -0.1) is 0 Å². The highest BCUT2D eigenvalue weighted by molar-refractivity contribution is 5.64. The molecule has 6 heteroatoms. The van der Waals surface area contributed by atoms with Crippen LogP contribution in [-0.2, 0) is 6.54 Å². The zero-order valence-corrected chi connectivity index (χ0v) is 8.44. The van der Waals surface area contributed by atoms with E-state index in [0.29, 0.717) is 5.56 Å². The predicted octanol–water partition coefficient (Wildman–Crippen LogP) is 0.964. The van der Waals surface area contributed by atoms with Gasteiger partial charge in [0.2, 0.25) is 0 Å². The summed E-state index contributed by atoms with van der Waals surface area (Å²) in [5.74, 6) is -0.550. The molecule has 0 unspecified atom stereocenters. The molecule has 5 nitrogen and oxygen atoms in total. The smallest absolute Gasteiger partial charge is 0.404 e. The van der Waals surface area contributed by atoms with Crippen molar-refractivity contribution in [2.75, 3.05) is 13.2 Å². The average Bonchev–Trinajstić information content (AvgIpc) is 2.26. The lowest BCUT2D eigenvalue weighted by Crippen LogP contribution is -2.20. The second-order valence-electron chi connectivity index (χ2n) is 3.00. The van der Waals surface area contributed by atoms with Crippen molar-refractivity contribution >= 4 is 6.09 Å². The lowest BCUT2D eigenvalue weighted by molar-refractivity contribution is 0.193. The van der Waals surface area contributed by atoms with Gasteiger partial charge in [-0.1, -0.05) is 6.07 Å². The first-order valence-corrected chi connectivity index (χ1v) is 4.62. The van der Waals surface area contributed by atoms with Gasteiger partial charge in [0.25, 0.3) is 0 Å². The molecular formula is C10H12FNO4. The zero-order valence-electron chi connectivity index (χ0n) is 8.44. The van der Waals surface area contributed by atoms with Gasteiger partial charge in [-0.3, -0.25) is 0 Å². The van der Waals surface area contributed by atoms with Crippen LogP contribution >= 0.6 is 0 Å². The molecule has 0 radical (unpaired) electrons. The molecule has 0 aliphatic heterocycles. The van der Waals surface area contributed by atoms with Crippen LogP contribution < -0.4 is 10.1 Å². The zero-order chi connectivity index (χ0) is 12.0. The number of benzene rings is 1. The second kappa shape index (κ2) is 5.92. The van der Waals surface area contributed by atoms with Gasteiger partial charge < -0.3 is 20.3 Å². The van der Waals surface area contributed by atoms with Crippen molar-refractivity contribution in [2.24, 2.45) is 0 Å². The van der Waals surface area contributed by atoms with Gasteiger partial charge in [0.1, 0.15) is 6.61 Å². The fraction of sp³-hybridized carbons (Fsp3) is 0.300. The Morgan fingerprint density at radius 1 is 1.50 bits per heavy atom. The van der Waals surface area contributed by atoms with E-state index in [1.807, 2.05) is 0 Å². The van der Waals surface area contributed by atoms with Crippen LogP contribution in [0.15, 0.2) is 18.2 Å². The lowest BCUT2D eigenvalue weighted by Gasteiger charge is -2.08. The fourth-order valence-corrected chi connectivity index (χ4v) is 1.10. The van der Waals surface area contributed by atoms with Crippen molar-refractivity contribution in [3.05, 3.63) is 29.6 Å². The number of carbonyl (C=O) groups is 1. The van der Waals surface area contributed by atoms with Crippen molar-refractivity contribution < 1.29 is 24.1 Å². The van der Waals surface area contributed by atoms with Crippen molar-refractivity contribution in [1.82, 2.24) is 5.32 Å². The molecule has 16 heavy (non-hydrogen) atoms. The molecular weight excluding hydrogens is 217 g/mol. The number of hydrogen-bond donors (Lipinski definition) is 3. The van der Waals surface area contributed by atoms with E-state index in [2.05, 4.69) is 5.32 Å². The number of halogens is 1. The van der Waals surface area contributed by atoms with Gasteiger partial charge in [-0.05, 0) is 17.7 Å². The van der Waals surface area contributed by atoms with Crippen LogP contribution in [0.4, 0.5) is 9.18 Å². The molecule has 0 saturated carbocycles. The van der Waals surface area contributed by atoms with Crippen molar-refractivity contribution in [3.8, 4) is 5.75 Å². The lowest BCUT2D eigenvalue weighted by atomic mass is 10.2. The summed E-state index contributed by atoms with van der Waals surface area (Å²) in [6.07, 6.45) is -1.15. The minimum atomic E-state index is -1.15. The highest BCUT2D eigenvalue weighted by Gasteiger charge is 2.05. The molecule has 3 N–H and O–H groups in total. The van der Waals surface area contributed by atoms with Gasteiger partial charge in [0.05, 0.1) is 6.61 Å². The number of ether oxygens (including phenoxy) is 1. The summed E-state index contributed by atoms with van der Waals surface area (Å²) in [4.78, 5) is 10.2. The van der Waals surface area contributed by atoms with Gasteiger partial charge in [0.15, 0.2) is 11.6 Å². The Morgan fingerprint density at radius 3 is 2.88 bits per heavy atom. The molecule has 1 aromatic carbocycles. The van der Waals surface area contributed by atoms with E-state index in [9.17, 15) is 9.18 Å². The Morgan fingerprint density at radius 2 is 2.25 bits per heavy atom. The summed E-state index contributed by atoms with van der Waals surface area (Å²) in [6, 6.07) is 4.03. The molecule has 0 aliphatic carbocycles. The van der Waals surface area contributed by atoms with Crippen LogP contribution in [0.3, 0.4) is 0 Å². The Labute approximate surface area is 91.5 Å². The normalized spacial score (nSPS) is 9.88. The summed E-state index contributed by atoms with van der Waals surface area (Å²) in [5.41, 5.74) is 0.580. The van der Waals surface area contributed by atoms with Gasteiger partial charge in [-0.25, -0.2) is 9.18 Å². The van der Waals surface area contributed by atoms with Crippen LogP contribution in [0, 0.1) is 5.82 Å². The van der Waals surface area contributed by atoms with E-state index in [1.54, 1.807) is 0 Å². The first kappa shape index (κ1) is 12.3. The minimum absolute atomic E-state index is 0.00117. The Hall–Kier alpha value is -1.82. The summed E-state index contributed by atoms with van der Waals surface area (Å²) in [5, 5.41) is 19.1. The molecule has 0 saturated heterocycles. The van der Waals surface area contributed by atoms with Crippen LogP contribution in [0.25, 0.3) is 0 Å². The monoisotopic (exact) mass is 229 g/mol. The standard InChI is InChI=1S/C10H12FNO4/c11-8-2-1-7(6-12-10(14)15)5-9(8)16-4-3-13/h1-2,5,12-13H,3-4,6H2,(H,14,15). The highest BCUT2D eigenvalue weighted by Crippen LogP contribution is 2.18. The summed E-state index contributed by atoms with van der Waals surface area (Å²) < 4.78 is 18.1. The number of nitrogens with one attached hydrogen (secondary N) is 1. The molecule has 1 aromatic rings. The van der Waals surface area contributed by atoms with Gasteiger partial charge >= 0.3 is 6.09 Å². The molecule has 0 fully saturated rings. The largest absolute Gasteiger partial charge is 0.488 e. The number of rotatable bonds is 5. The van der Waals surface area contributed by atoms with E-state index in [0.717, 1.165) is 0 Å². The molecule has 0 aliphatic rings. The summed E-state index contributed by atoms with van der Waals surface area (Å²) >= 11 is 0. The van der Waals surface area contributed by atoms with E-state index in [-0.39, 0.29) is 25.5 Å². The third-order valence-electron chi connectivity index (χ3n) is 1.79. The number of aliphatic hydroxyl groups excluding tert-OH is 1. The minimum Gasteiger partial charge on any atom is -0.488 e. The van der Waals surface area contributed by atoms with E-state index in [1.165, 1.54) is 18.2 Å². The van der Waals surface area contributed by atoms with Crippen LogP contribution in [0.2, 0.25) is 0 Å². The maximum atomic E-state index is 13.1. The van der Waals surface area contributed by atoms with E-state index >= 15 is 0 Å². The van der Waals surface area contributed by atoms with Crippen LogP contribution in [0.1, 0.15) is 5.56 Å². The number of aliphatic hydroxyl groups is 1. The first-order valence-electron chi connectivity index (χ1n) is 4.62. The Balaban J connectivity index is 2.68. The van der Waals surface area contributed by atoms with Crippen molar-refractivity contribution in [1.29, 1.82) is 0 Å². The molecule has 0 atom stereocenters. The third kappa shape index (κ3) is 3.74. The number of amides is 1. The number of hydrogen-bond acceptors (Lipinski definition) is 3. The van der Waals surface area contributed by atoms with Crippen molar-refractivity contribution in [2.45, 2.75) is 6.54 Å². The maximum absolute atomic E-state index is 13.1. The number of carboxylic acid groups (broad SMARTS) is 1. The van der Waals surface area contributed by atoms with Crippen molar-refractivity contribution in [3.63, 3.8) is 0 Å². The average molecular weight is 229 g/mol. The molecule has 0 aromatic heterocycles. The predicted molar refractivity (Wildman–Crippen MR) is 53.8 cm³/mol. The molecule has 1 rings (SSSR count). The molecule has 0 heterocycles. The van der Waals surface area contributed by atoms with Crippen LogP contribution in [0.5, 0.6) is 5.75 Å². The summed E-state index contributed by atoms with van der Waals surface area (Å²) in [7, 11) is 0. The first-order chi connectivity index (χ1) is 7.63. The Kier molecular flexibility index (Phi) is 4.53. The molecule has 0 bridgehead atoms. The highest BCUT2D eigenvalue weighted by atomic mass is 19.1. The third-order valence-corrected chi connectivity index (χ3v) is 1.79. The van der Waals surface area contributed by atoms with Gasteiger partial charge in [-0.2, -0.15) is 0 Å². The molecule has 88 valence electrons. The fourth-order valence-electron chi connectivity index (χ4n) is 1.10. The summed E-state index contributed by atoms with van der Waals surface area (Å²) in [6.45, 7) is -0.144. The SMILES string of the molecule is O=C(O)NCc1ccc(F)c(OCCO)c1. The maximum Gasteiger partial charge on any atom is 0.404 e. The van der Waals surface area contributed by atoms with Gasteiger partial charge in [0, 0.05) is 6.54 Å². The van der Waals surface area contributed by atoms with E-state index in [4.69, 9.17) is 14.9 Å². The van der Waals surface area contributed by atoms with Crippen LogP contribution in [-0.4, -0.2) is 29.5 Å². The quantitative estimate of drug-likeness (QED) is 0.702. The molecule has 0 spiro atoms. The second-order valence-corrected chi connectivity index (χ2v) is 3.00. The Bertz CT molecular complexity index is 370. The topological polar surface area (TPSA) is 78.8 Å². The van der Waals surface area contributed by atoms with E-state index < -0.39 is 11.9 Å². The molecule has 1 amide bonds.